The molecule has 0 heterocycles. The summed E-state index contributed by atoms with van der Waals surface area (Å²) < 4.78 is 24.0. The Kier molecular flexibility index (Phi) is 6.65. The summed E-state index contributed by atoms with van der Waals surface area (Å²) >= 11 is -1.92. The molecule has 0 radical (unpaired) electrons. The molecule has 0 bridgehead atoms. The molecule has 0 aliphatic rings. The van der Waals surface area contributed by atoms with E-state index in [0.717, 1.165) is 0 Å². The average Bonchev–Trinajstić information content (AvgIpc) is 2.05. The molecule has 12 heavy (non-hydrogen) atoms. The van der Waals surface area contributed by atoms with Crippen LogP contribution in [0.2, 0.25) is 0 Å². The van der Waals surface area contributed by atoms with Gasteiger partial charge in [-0.15, -0.1) is 0 Å². The molecule has 1 atom stereocenters. The number of methoxy groups -OCH3 is 1. The van der Waals surface area contributed by atoms with E-state index in [1.165, 1.54) is 13.2 Å². The smallest absolute Gasteiger partial charge is 1.00 e. The SMILES string of the molecule is COc1cccc(S(=O)O)c1.[H-].[K+]. The van der Waals surface area contributed by atoms with Crippen molar-refractivity contribution in [3.63, 3.8) is 0 Å². The van der Waals surface area contributed by atoms with E-state index in [2.05, 4.69) is 0 Å². The molecule has 1 aromatic rings. The van der Waals surface area contributed by atoms with Crippen molar-refractivity contribution in [1.82, 2.24) is 0 Å². The largest absolute Gasteiger partial charge is 1.00 e. The zero-order valence-corrected chi connectivity index (χ0v) is 10.9. The zero-order chi connectivity index (χ0) is 8.27. The Labute approximate surface area is 118 Å². The Morgan fingerprint density at radius 3 is 2.75 bits per heavy atom. The maximum Gasteiger partial charge on any atom is 1.00 e. The summed E-state index contributed by atoms with van der Waals surface area (Å²) in [4.78, 5) is 0.351. The normalized spacial score (nSPS) is 11.5. The number of rotatable bonds is 2. The van der Waals surface area contributed by atoms with Gasteiger partial charge in [-0.1, -0.05) is 6.07 Å². The summed E-state index contributed by atoms with van der Waals surface area (Å²) in [5.74, 6) is 0.588. The zero-order valence-electron chi connectivity index (χ0n) is 7.98. The van der Waals surface area contributed by atoms with Gasteiger partial charge < -0.3 is 10.7 Å². The Hall–Kier alpha value is 0.766. The van der Waals surface area contributed by atoms with E-state index in [1.807, 2.05) is 0 Å². The molecule has 0 saturated heterocycles. The molecule has 1 N–H and O–H groups in total. The maximum atomic E-state index is 10.5. The van der Waals surface area contributed by atoms with E-state index in [1.54, 1.807) is 18.2 Å². The molecule has 0 fully saturated rings. The molecular formula is C7H9KO3S. The van der Waals surface area contributed by atoms with Crippen LogP contribution in [-0.4, -0.2) is 15.9 Å². The van der Waals surface area contributed by atoms with Crippen molar-refractivity contribution < 1.29 is 66.3 Å². The third kappa shape index (κ3) is 3.65. The van der Waals surface area contributed by atoms with Crippen molar-refractivity contribution >= 4 is 11.1 Å². The van der Waals surface area contributed by atoms with E-state index in [4.69, 9.17) is 9.29 Å². The standard InChI is InChI=1S/C7H8O3S.K.H/c1-10-6-3-2-4-7(5-6)11(8)9;;/h2-5H,1H3,(H,8,9);;/q;+1;-1. The molecule has 0 aliphatic heterocycles. The van der Waals surface area contributed by atoms with E-state index in [-0.39, 0.29) is 52.8 Å². The molecule has 0 saturated carbocycles. The van der Waals surface area contributed by atoms with E-state index in [9.17, 15) is 4.21 Å². The van der Waals surface area contributed by atoms with Gasteiger partial charge >= 0.3 is 51.4 Å². The monoisotopic (exact) mass is 212 g/mol. The van der Waals surface area contributed by atoms with Gasteiger partial charge in [0.05, 0.1) is 12.0 Å². The Balaban J connectivity index is 0. The summed E-state index contributed by atoms with van der Waals surface area (Å²) in [6.45, 7) is 0. The van der Waals surface area contributed by atoms with Crippen LogP contribution in [0.15, 0.2) is 29.2 Å². The van der Waals surface area contributed by atoms with Crippen molar-refractivity contribution in [2.24, 2.45) is 0 Å². The first-order valence-electron chi connectivity index (χ1n) is 2.99. The van der Waals surface area contributed by atoms with Gasteiger partial charge in [0.15, 0.2) is 11.1 Å². The molecule has 0 aliphatic carbocycles. The van der Waals surface area contributed by atoms with Gasteiger partial charge in [0, 0.05) is 0 Å². The maximum absolute atomic E-state index is 10.5. The molecule has 5 heteroatoms. The Morgan fingerprint density at radius 1 is 1.58 bits per heavy atom. The average molecular weight is 212 g/mol. The Morgan fingerprint density at radius 2 is 2.25 bits per heavy atom. The summed E-state index contributed by atoms with van der Waals surface area (Å²) in [6.07, 6.45) is 0. The molecule has 1 unspecified atom stereocenters. The molecule has 3 nitrogen and oxygen atoms in total. The van der Waals surface area contributed by atoms with Crippen molar-refractivity contribution in [3.05, 3.63) is 24.3 Å². The number of ether oxygens (including phenoxy) is 1. The minimum atomic E-state index is -1.92. The van der Waals surface area contributed by atoms with Gasteiger partial charge in [0.2, 0.25) is 0 Å². The summed E-state index contributed by atoms with van der Waals surface area (Å²) in [5.41, 5.74) is 0. The molecule has 1 aromatic carbocycles. The second kappa shape index (κ2) is 6.26. The first-order chi connectivity index (χ1) is 5.24. The summed E-state index contributed by atoms with van der Waals surface area (Å²) in [7, 11) is 1.51. The van der Waals surface area contributed by atoms with Crippen molar-refractivity contribution in [2.75, 3.05) is 7.11 Å². The van der Waals surface area contributed by atoms with E-state index >= 15 is 0 Å². The molecule has 0 spiro atoms. The molecule has 62 valence electrons. The van der Waals surface area contributed by atoms with Crippen molar-refractivity contribution in [2.45, 2.75) is 4.90 Å². The Bertz CT molecular complexity index is 282. The topological polar surface area (TPSA) is 46.5 Å². The van der Waals surface area contributed by atoms with Crippen LogP contribution in [0, 0.1) is 0 Å². The van der Waals surface area contributed by atoms with Crippen molar-refractivity contribution in [3.8, 4) is 5.75 Å². The third-order valence-electron chi connectivity index (χ3n) is 1.24. The van der Waals surface area contributed by atoms with Gasteiger partial charge in [-0.3, -0.25) is 0 Å². The van der Waals surface area contributed by atoms with Crippen LogP contribution >= 0.6 is 0 Å². The predicted octanol–water partition coefficient (Wildman–Crippen LogP) is -1.61. The molecule has 1 rings (SSSR count). The first kappa shape index (κ1) is 12.8. The molecule has 0 amide bonds. The van der Waals surface area contributed by atoms with Crippen molar-refractivity contribution in [1.29, 1.82) is 0 Å². The minimum Gasteiger partial charge on any atom is -1.00 e. The fourth-order valence-electron chi connectivity index (χ4n) is 0.710. The van der Waals surface area contributed by atoms with Gasteiger partial charge in [0.1, 0.15) is 5.75 Å². The van der Waals surface area contributed by atoms with Gasteiger partial charge in [-0.05, 0) is 18.2 Å². The van der Waals surface area contributed by atoms with Crippen LogP contribution < -0.4 is 56.1 Å². The number of hydrogen-bond acceptors (Lipinski definition) is 2. The molecule has 0 aromatic heterocycles. The van der Waals surface area contributed by atoms with Crippen LogP contribution in [0.5, 0.6) is 5.75 Å². The molecular weight excluding hydrogens is 203 g/mol. The van der Waals surface area contributed by atoms with Gasteiger partial charge in [-0.2, -0.15) is 0 Å². The van der Waals surface area contributed by atoms with E-state index in [0.29, 0.717) is 10.6 Å². The second-order valence-electron chi connectivity index (χ2n) is 1.93. The van der Waals surface area contributed by atoms with Crippen LogP contribution in [0.25, 0.3) is 0 Å². The van der Waals surface area contributed by atoms with Crippen LogP contribution in [0.1, 0.15) is 1.43 Å². The quantitative estimate of drug-likeness (QED) is 0.474. The fraction of sp³-hybridized carbons (Fsp3) is 0.143. The predicted molar refractivity (Wildman–Crippen MR) is 43.1 cm³/mol. The third-order valence-corrected chi connectivity index (χ3v) is 1.90. The fourth-order valence-corrected chi connectivity index (χ4v) is 1.12. The number of benzene rings is 1. The van der Waals surface area contributed by atoms with Crippen LogP contribution in [-0.2, 0) is 11.1 Å². The number of hydrogen-bond donors (Lipinski definition) is 1. The first-order valence-corrected chi connectivity index (χ1v) is 4.09. The minimum absolute atomic E-state index is 0. The summed E-state index contributed by atoms with van der Waals surface area (Å²) in [5, 5.41) is 0. The summed E-state index contributed by atoms with van der Waals surface area (Å²) in [6, 6.07) is 6.48. The van der Waals surface area contributed by atoms with Gasteiger partial charge in [0.25, 0.3) is 0 Å². The van der Waals surface area contributed by atoms with Crippen LogP contribution in [0.4, 0.5) is 0 Å². The van der Waals surface area contributed by atoms with Gasteiger partial charge in [-0.25, -0.2) is 4.21 Å². The van der Waals surface area contributed by atoms with E-state index < -0.39 is 11.1 Å². The second-order valence-corrected chi connectivity index (χ2v) is 2.90. The van der Waals surface area contributed by atoms with Crippen LogP contribution in [0.3, 0.4) is 0 Å².